The van der Waals surface area contributed by atoms with Crippen molar-refractivity contribution in [3.05, 3.63) is 0 Å². The number of hydrogen-bond acceptors (Lipinski definition) is 4. The van der Waals surface area contributed by atoms with E-state index >= 15 is 0 Å². The van der Waals surface area contributed by atoms with Gasteiger partial charge in [0.2, 0.25) is 11.8 Å². The summed E-state index contributed by atoms with van der Waals surface area (Å²) in [4.78, 5) is 25.3. The van der Waals surface area contributed by atoms with Gasteiger partial charge in [0.15, 0.2) is 0 Å². The highest BCUT2D eigenvalue weighted by molar-refractivity contribution is 5.87. The number of nitrogens with one attached hydrogen (secondary N) is 2. The Morgan fingerprint density at radius 1 is 1.33 bits per heavy atom. The highest BCUT2D eigenvalue weighted by Crippen LogP contribution is 2.00. The van der Waals surface area contributed by atoms with Gasteiger partial charge in [-0.3, -0.25) is 9.59 Å². The van der Waals surface area contributed by atoms with E-state index in [0.717, 1.165) is 6.54 Å². The van der Waals surface area contributed by atoms with Crippen LogP contribution in [0.2, 0.25) is 0 Å². The van der Waals surface area contributed by atoms with E-state index in [0.29, 0.717) is 39.3 Å². The molecule has 2 amide bonds. The second-order valence-electron chi connectivity index (χ2n) is 4.33. The van der Waals surface area contributed by atoms with Gasteiger partial charge in [0.25, 0.3) is 0 Å². The minimum absolute atomic E-state index is 0.0323. The van der Waals surface area contributed by atoms with Crippen LogP contribution in [0.1, 0.15) is 20.3 Å². The highest BCUT2D eigenvalue weighted by Gasteiger charge is 2.23. The Hall–Kier alpha value is -1.14. The minimum atomic E-state index is -0.461. The molecule has 1 rings (SSSR count). The predicted octanol–water partition coefficient (Wildman–Crippen LogP) is -0.650. The van der Waals surface area contributed by atoms with Gasteiger partial charge in [0.05, 0.1) is 13.2 Å². The fourth-order valence-electron chi connectivity index (χ4n) is 1.81. The largest absolute Gasteiger partial charge is 0.378 e. The van der Waals surface area contributed by atoms with Crippen LogP contribution in [0.4, 0.5) is 0 Å². The molecule has 1 fully saturated rings. The second kappa shape index (κ2) is 8.05. The number of amides is 2. The number of carbonyl (C=O) groups is 2. The summed E-state index contributed by atoms with van der Waals surface area (Å²) in [5.41, 5.74) is 0. The zero-order valence-electron chi connectivity index (χ0n) is 11.2. The van der Waals surface area contributed by atoms with Gasteiger partial charge in [-0.1, -0.05) is 6.92 Å². The van der Waals surface area contributed by atoms with Crippen molar-refractivity contribution < 1.29 is 14.3 Å². The molecule has 1 aliphatic heterocycles. The number of carbonyl (C=O) groups excluding carboxylic acids is 2. The van der Waals surface area contributed by atoms with Crippen LogP contribution in [0.5, 0.6) is 0 Å². The monoisotopic (exact) mass is 257 g/mol. The molecule has 104 valence electrons. The average molecular weight is 257 g/mol. The van der Waals surface area contributed by atoms with Crippen LogP contribution in [0, 0.1) is 0 Å². The molecule has 6 heteroatoms. The second-order valence-corrected chi connectivity index (χ2v) is 4.33. The molecular formula is C12H23N3O3. The zero-order chi connectivity index (χ0) is 13.4. The summed E-state index contributed by atoms with van der Waals surface area (Å²) >= 11 is 0. The number of rotatable bonds is 6. The topological polar surface area (TPSA) is 70.7 Å². The summed E-state index contributed by atoms with van der Waals surface area (Å²) in [6.45, 7) is 7.56. The van der Waals surface area contributed by atoms with Gasteiger partial charge in [0, 0.05) is 26.1 Å². The minimum Gasteiger partial charge on any atom is -0.378 e. The summed E-state index contributed by atoms with van der Waals surface area (Å²) in [6, 6.07) is -0.461. The van der Waals surface area contributed by atoms with E-state index in [9.17, 15) is 9.59 Å². The van der Waals surface area contributed by atoms with E-state index < -0.39 is 6.04 Å². The van der Waals surface area contributed by atoms with Crippen molar-refractivity contribution in [3.63, 3.8) is 0 Å². The molecule has 0 aromatic heterocycles. The number of hydrogen-bond donors (Lipinski definition) is 2. The van der Waals surface area contributed by atoms with Gasteiger partial charge in [-0.05, 0) is 13.5 Å². The van der Waals surface area contributed by atoms with E-state index in [1.54, 1.807) is 11.8 Å². The van der Waals surface area contributed by atoms with E-state index in [1.807, 2.05) is 6.92 Å². The van der Waals surface area contributed by atoms with E-state index in [2.05, 4.69) is 10.6 Å². The fraction of sp³-hybridized carbons (Fsp3) is 0.833. The molecule has 0 spiro atoms. The molecule has 1 unspecified atom stereocenters. The van der Waals surface area contributed by atoms with Gasteiger partial charge in [-0.2, -0.15) is 0 Å². The molecule has 1 aliphatic rings. The van der Waals surface area contributed by atoms with Gasteiger partial charge in [-0.15, -0.1) is 0 Å². The highest BCUT2D eigenvalue weighted by atomic mass is 16.5. The molecule has 0 radical (unpaired) electrons. The number of nitrogens with zero attached hydrogens (tertiary/aromatic N) is 1. The molecule has 2 N–H and O–H groups in total. The Bertz CT molecular complexity index is 278. The maximum Gasteiger partial charge on any atom is 0.245 e. The Morgan fingerprint density at radius 3 is 2.61 bits per heavy atom. The van der Waals surface area contributed by atoms with E-state index in [4.69, 9.17) is 4.74 Å². The predicted molar refractivity (Wildman–Crippen MR) is 68.2 cm³/mol. The molecule has 1 saturated heterocycles. The molecule has 1 atom stereocenters. The molecule has 0 aliphatic carbocycles. The lowest BCUT2D eigenvalue weighted by Gasteiger charge is -2.29. The van der Waals surface area contributed by atoms with Crippen LogP contribution in [-0.4, -0.2) is 62.1 Å². The van der Waals surface area contributed by atoms with E-state index in [-0.39, 0.29) is 11.8 Å². The maximum absolute atomic E-state index is 12.0. The van der Waals surface area contributed by atoms with Gasteiger partial charge in [-0.25, -0.2) is 0 Å². The molecule has 0 aromatic rings. The Balaban J connectivity index is 2.27. The van der Waals surface area contributed by atoms with Crippen molar-refractivity contribution >= 4 is 11.8 Å². The third-order valence-corrected chi connectivity index (χ3v) is 2.85. The lowest BCUT2D eigenvalue weighted by molar-refractivity contribution is -0.139. The van der Waals surface area contributed by atoms with Crippen molar-refractivity contribution in [2.45, 2.75) is 26.3 Å². The SMILES string of the molecule is CCNCCC(=O)NC(C)C(=O)N1CCOCC1. The van der Waals surface area contributed by atoms with Crippen molar-refractivity contribution in [2.24, 2.45) is 0 Å². The molecule has 6 nitrogen and oxygen atoms in total. The first kappa shape index (κ1) is 14.9. The molecule has 1 heterocycles. The van der Waals surface area contributed by atoms with Gasteiger partial charge >= 0.3 is 0 Å². The van der Waals surface area contributed by atoms with Crippen molar-refractivity contribution in [1.82, 2.24) is 15.5 Å². The maximum atomic E-state index is 12.0. The summed E-state index contributed by atoms with van der Waals surface area (Å²) in [5.74, 6) is -0.125. The normalized spacial score (nSPS) is 17.3. The first-order chi connectivity index (χ1) is 8.65. The fourth-order valence-corrected chi connectivity index (χ4v) is 1.81. The first-order valence-electron chi connectivity index (χ1n) is 6.51. The van der Waals surface area contributed by atoms with Gasteiger partial charge in [0.1, 0.15) is 6.04 Å². The Morgan fingerprint density at radius 2 is 2.00 bits per heavy atom. The Kier molecular flexibility index (Phi) is 6.67. The quantitative estimate of drug-likeness (QED) is 0.620. The summed E-state index contributed by atoms with van der Waals surface area (Å²) in [6.07, 6.45) is 0.397. The van der Waals surface area contributed by atoms with E-state index in [1.165, 1.54) is 0 Å². The lowest BCUT2D eigenvalue weighted by atomic mass is 10.2. The third kappa shape index (κ3) is 5.01. The van der Waals surface area contributed by atoms with Crippen LogP contribution in [0.3, 0.4) is 0 Å². The Labute approximate surface area is 108 Å². The molecular weight excluding hydrogens is 234 g/mol. The van der Waals surface area contributed by atoms with Crippen LogP contribution in [0.25, 0.3) is 0 Å². The molecule has 0 bridgehead atoms. The lowest BCUT2D eigenvalue weighted by Crippen LogP contribution is -2.50. The summed E-state index contributed by atoms with van der Waals surface area (Å²) in [7, 11) is 0. The molecule has 0 saturated carbocycles. The van der Waals surface area contributed by atoms with Gasteiger partial charge < -0.3 is 20.3 Å². The van der Waals surface area contributed by atoms with Crippen molar-refractivity contribution in [1.29, 1.82) is 0 Å². The summed E-state index contributed by atoms with van der Waals surface area (Å²) < 4.78 is 5.19. The standard InChI is InChI=1S/C12H23N3O3/c1-3-13-5-4-11(16)14-10(2)12(17)15-6-8-18-9-7-15/h10,13H,3-9H2,1-2H3,(H,14,16). The van der Waals surface area contributed by atoms with Crippen LogP contribution < -0.4 is 10.6 Å². The number of morpholine rings is 1. The smallest absolute Gasteiger partial charge is 0.245 e. The molecule has 18 heavy (non-hydrogen) atoms. The third-order valence-electron chi connectivity index (χ3n) is 2.85. The average Bonchev–Trinajstić information content (AvgIpc) is 2.39. The molecule has 0 aromatic carbocycles. The van der Waals surface area contributed by atoms with Crippen LogP contribution >= 0.6 is 0 Å². The van der Waals surface area contributed by atoms with Crippen LogP contribution in [-0.2, 0) is 14.3 Å². The number of ether oxygens (including phenoxy) is 1. The van der Waals surface area contributed by atoms with Crippen molar-refractivity contribution in [2.75, 3.05) is 39.4 Å². The summed E-state index contributed by atoms with van der Waals surface area (Å²) in [5, 5.41) is 5.80. The van der Waals surface area contributed by atoms with Crippen LogP contribution in [0.15, 0.2) is 0 Å². The zero-order valence-corrected chi connectivity index (χ0v) is 11.2. The first-order valence-corrected chi connectivity index (χ1v) is 6.51. The van der Waals surface area contributed by atoms with Crippen molar-refractivity contribution in [3.8, 4) is 0 Å².